The molecule has 2 aromatic carbocycles. The number of aromatic amines is 2. The Morgan fingerprint density at radius 3 is 2.04 bits per heavy atom. The second kappa shape index (κ2) is 16.2. The van der Waals surface area contributed by atoms with Gasteiger partial charge in [0.2, 0.25) is 11.8 Å². The molecule has 2 aliphatic heterocycles. The topological polar surface area (TPSA) is 215 Å². The van der Waals surface area contributed by atoms with Gasteiger partial charge >= 0.3 is 12.2 Å². The number of aliphatic hydroxyl groups is 1. The number of ether oxygens (including phenoxy) is 2. The number of hydrogen-bond donors (Lipinski definition) is 6. The molecule has 6 N–H and O–H groups in total. The minimum Gasteiger partial charge on any atom is -0.465 e. The van der Waals surface area contributed by atoms with Crippen LogP contribution in [0.15, 0.2) is 60.9 Å². The van der Waals surface area contributed by atoms with E-state index in [-0.39, 0.29) is 11.9 Å². The Morgan fingerprint density at radius 1 is 0.875 bits per heavy atom. The van der Waals surface area contributed by atoms with Gasteiger partial charge in [-0.3, -0.25) is 9.59 Å². The fourth-order valence-electron chi connectivity index (χ4n) is 7.66. The summed E-state index contributed by atoms with van der Waals surface area (Å²) in [7, 11) is 2.65. The van der Waals surface area contributed by atoms with Gasteiger partial charge in [-0.1, -0.05) is 48.5 Å². The van der Waals surface area contributed by atoms with Crippen molar-refractivity contribution in [2.45, 2.75) is 88.7 Å². The molecule has 0 aliphatic carbocycles. The highest BCUT2D eigenvalue weighted by molar-refractivity contribution is 5.88. The summed E-state index contributed by atoms with van der Waals surface area (Å²) in [6, 6.07) is 13.5. The van der Waals surface area contributed by atoms with E-state index in [1.54, 1.807) is 29.1 Å². The van der Waals surface area contributed by atoms with E-state index in [1.165, 1.54) is 28.1 Å². The molecule has 2 aliphatic rings. The number of imidazole rings is 2. The normalized spacial score (nSPS) is 20.0. The number of methoxy groups -OCH3 is 2. The molecular formula is C40H50N8O8. The number of likely N-dealkylation sites (tertiary alicyclic amines) is 2. The van der Waals surface area contributed by atoms with Crippen LogP contribution in [-0.2, 0) is 24.6 Å². The standard InChI is InChI=1S/C40H50N8O8/c1-23(55-5)31(45-37(51)52)34(49)48-20-8-18-40(48,4)36-42-22-29(44-36)27-16-12-25(13-17-27)24-10-14-26(15-11-24)28-21-41-33(43-28)30-9-7-19-47(30)35(50)32(39(2,3)54)46-38(53)56-6/h10-17,21-23,30-32,45,54H,7-9,18-20H2,1-6H3,(H,41,43)(H,42,44)(H,46,53)(H,51,52)/t23-,30+,31+,32-,40+/m1/s1. The van der Waals surface area contributed by atoms with Gasteiger partial charge in [0.05, 0.1) is 54.2 Å². The molecule has 5 atom stereocenters. The molecule has 16 nitrogen and oxygen atoms in total. The summed E-state index contributed by atoms with van der Waals surface area (Å²) in [5, 5.41) is 24.9. The number of carbonyl (C=O) groups excluding carboxylic acids is 3. The summed E-state index contributed by atoms with van der Waals surface area (Å²) in [5.41, 5.74) is 3.17. The van der Waals surface area contributed by atoms with Gasteiger partial charge in [0.1, 0.15) is 23.7 Å². The number of benzene rings is 2. The van der Waals surface area contributed by atoms with Gasteiger partial charge in [0.15, 0.2) is 0 Å². The smallest absolute Gasteiger partial charge is 0.407 e. The first-order valence-corrected chi connectivity index (χ1v) is 18.7. The van der Waals surface area contributed by atoms with Gasteiger partial charge in [-0.15, -0.1) is 0 Å². The predicted octanol–water partition coefficient (Wildman–Crippen LogP) is 4.80. The molecule has 16 heteroatoms. The van der Waals surface area contributed by atoms with E-state index in [4.69, 9.17) is 4.74 Å². The Kier molecular flexibility index (Phi) is 11.5. The molecular weight excluding hydrogens is 720 g/mol. The van der Waals surface area contributed by atoms with Gasteiger partial charge in [0.25, 0.3) is 0 Å². The van der Waals surface area contributed by atoms with Gasteiger partial charge < -0.3 is 50.1 Å². The number of carboxylic acid groups (broad SMARTS) is 1. The lowest BCUT2D eigenvalue weighted by atomic mass is 9.96. The summed E-state index contributed by atoms with van der Waals surface area (Å²) < 4.78 is 10.0. The average Bonchev–Trinajstić information content (AvgIpc) is 4.02. The van der Waals surface area contributed by atoms with Crippen molar-refractivity contribution in [3.05, 3.63) is 72.6 Å². The van der Waals surface area contributed by atoms with E-state index in [1.807, 2.05) is 55.5 Å². The maximum Gasteiger partial charge on any atom is 0.407 e. The molecule has 2 saturated heterocycles. The Bertz CT molecular complexity index is 2040. The second-order valence-electron chi connectivity index (χ2n) is 15.1. The molecule has 4 heterocycles. The van der Waals surface area contributed by atoms with E-state index in [0.717, 1.165) is 46.5 Å². The first-order valence-electron chi connectivity index (χ1n) is 18.7. The number of H-pyrrole nitrogens is 2. The maximum absolute atomic E-state index is 13.6. The number of carbonyl (C=O) groups is 4. The Balaban J connectivity index is 1.13. The first kappa shape index (κ1) is 39.9. The van der Waals surface area contributed by atoms with Crippen molar-refractivity contribution < 1.29 is 38.9 Å². The number of amides is 4. The molecule has 0 spiro atoms. The van der Waals surface area contributed by atoms with E-state index in [0.29, 0.717) is 37.6 Å². The average molecular weight is 771 g/mol. The summed E-state index contributed by atoms with van der Waals surface area (Å²) in [6.07, 6.45) is 3.59. The molecule has 2 fully saturated rings. The zero-order chi connectivity index (χ0) is 40.4. The highest BCUT2D eigenvalue weighted by atomic mass is 16.5. The monoisotopic (exact) mass is 770 g/mol. The van der Waals surface area contributed by atoms with Crippen LogP contribution in [0.2, 0.25) is 0 Å². The lowest BCUT2D eigenvalue weighted by molar-refractivity contribution is -0.141. The first-order chi connectivity index (χ1) is 26.6. The highest BCUT2D eigenvalue weighted by Gasteiger charge is 2.47. The number of aromatic nitrogens is 4. The molecule has 0 bridgehead atoms. The quantitative estimate of drug-likeness (QED) is 0.116. The molecule has 4 amide bonds. The van der Waals surface area contributed by atoms with E-state index < -0.39 is 47.4 Å². The molecule has 4 aromatic rings. The van der Waals surface area contributed by atoms with Crippen molar-refractivity contribution in [1.82, 2.24) is 40.4 Å². The number of nitrogens with zero attached hydrogens (tertiary/aromatic N) is 4. The number of nitrogens with one attached hydrogen (secondary N) is 4. The Labute approximate surface area is 325 Å². The zero-order valence-corrected chi connectivity index (χ0v) is 32.5. The minimum absolute atomic E-state index is 0.343. The molecule has 6 rings (SSSR count). The van der Waals surface area contributed by atoms with Crippen LogP contribution in [0.3, 0.4) is 0 Å². The van der Waals surface area contributed by atoms with Crippen molar-refractivity contribution in [2.75, 3.05) is 27.3 Å². The summed E-state index contributed by atoms with van der Waals surface area (Å²) >= 11 is 0. The van der Waals surface area contributed by atoms with E-state index in [9.17, 15) is 29.4 Å². The number of rotatable bonds is 12. The van der Waals surface area contributed by atoms with Crippen LogP contribution in [0, 0.1) is 0 Å². The fourth-order valence-corrected chi connectivity index (χ4v) is 7.66. The van der Waals surface area contributed by atoms with Crippen molar-refractivity contribution in [3.63, 3.8) is 0 Å². The third-order valence-corrected chi connectivity index (χ3v) is 11.0. The van der Waals surface area contributed by atoms with Crippen LogP contribution in [-0.4, -0.2) is 115 Å². The molecule has 2 aromatic heterocycles. The largest absolute Gasteiger partial charge is 0.465 e. The minimum atomic E-state index is -1.52. The second-order valence-corrected chi connectivity index (χ2v) is 15.1. The van der Waals surface area contributed by atoms with Crippen LogP contribution in [0.5, 0.6) is 0 Å². The van der Waals surface area contributed by atoms with Crippen LogP contribution < -0.4 is 10.6 Å². The lowest BCUT2D eigenvalue weighted by Crippen LogP contribution is -2.58. The lowest BCUT2D eigenvalue weighted by Gasteiger charge is -2.37. The van der Waals surface area contributed by atoms with Crippen molar-refractivity contribution in [3.8, 4) is 33.6 Å². The number of alkyl carbamates (subject to hydrolysis) is 1. The molecule has 56 heavy (non-hydrogen) atoms. The van der Waals surface area contributed by atoms with Gasteiger partial charge in [0, 0.05) is 20.2 Å². The third kappa shape index (κ3) is 8.11. The summed E-state index contributed by atoms with van der Waals surface area (Å²) in [5.74, 6) is 0.483. The highest BCUT2D eigenvalue weighted by Crippen LogP contribution is 2.39. The fraction of sp³-hybridized carbons (Fsp3) is 0.450. The van der Waals surface area contributed by atoms with Gasteiger partial charge in [-0.2, -0.15) is 0 Å². The third-order valence-electron chi connectivity index (χ3n) is 11.0. The van der Waals surface area contributed by atoms with Crippen molar-refractivity contribution in [1.29, 1.82) is 0 Å². The molecule has 0 radical (unpaired) electrons. The molecule has 0 saturated carbocycles. The zero-order valence-electron chi connectivity index (χ0n) is 32.5. The van der Waals surface area contributed by atoms with Gasteiger partial charge in [-0.25, -0.2) is 19.6 Å². The van der Waals surface area contributed by atoms with Crippen LogP contribution in [0.25, 0.3) is 33.6 Å². The van der Waals surface area contributed by atoms with Crippen LogP contribution in [0.4, 0.5) is 9.59 Å². The summed E-state index contributed by atoms with van der Waals surface area (Å²) in [4.78, 5) is 70.1. The van der Waals surface area contributed by atoms with E-state index >= 15 is 0 Å². The molecule has 0 unspecified atom stereocenters. The molecule has 298 valence electrons. The van der Waals surface area contributed by atoms with Crippen molar-refractivity contribution in [2.24, 2.45) is 0 Å². The Morgan fingerprint density at radius 2 is 1.46 bits per heavy atom. The van der Waals surface area contributed by atoms with Crippen LogP contribution >= 0.6 is 0 Å². The Hall–Kier alpha value is -5.74. The summed E-state index contributed by atoms with van der Waals surface area (Å²) in [6.45, 7) is 7.48. The number of hydrogen-bond acceptors (Lipinski definition) is 9. The van der Waals surface area contributed by atoms with Gasteiger partial charge in [-0.05, 0) is 75.6 Å². The maximum atomic E-state index is 13.6. The van der Waals surface area contributed by atoms with Crippen LogP contribution in [0.1, 0.15) is 71.1 Å². The SMILES string of the molecule is COC(=O)N[C@H](C(=O)N1CCC[C@H]1c1ncc(-c2ccc(-c3ccc(-c4cnc([C@]5(C)CCCN5C(=O)[C@@H](NC(=O)O)[C@@H](C)OC)[nH]4)cc3)cc2)[nH]1)C(C)(C)O. The van der Waals surface area contributed by atoms with E-state index in [2.05, 4.69) is 35.3 Å². The predicted molar refractivity (Wildman–Crippen MR) is 206 cm³/mol. The van der Waals surface area contributed by atoms with Crippen molar-refractivity contribution >= 4 is 24.0 Å².